The molecular formula is C27H45NO5. The quantitative estimate of drug-likeness (QED) is 0.460. The van der Waals surface area contributed by atoms with Crippen LogP contribution in [0.1, 0.15) is 78.6 Å². The second-order valence-electron chi connectivity index (χ2n) is 12.5. The number of carbonyl (C=O) groups is 2. The number of aliphatic hydroxyl groups is 2. The van der Waals surface area contributed by atoms with E-state index < -0.39 is 12.1 Å². The van der Waals surface area contributed by atoms with Gasteiger partial charge in [-0.05, 0) is 105 Å². The number of carboxylic acids is 1. The van der Waals surface area contributed by atoms with Gasteiger partial charge in [0.1, 0.15) is 5.78 Å². The van der Waals surface area contributed by atoms with Gasteiger partial charge in [0.15, 0.2) is 0 Å². The molecule has 0 amide bonds. The third-order valence-electron chi connectivity index (χ3n) is 11.1. The molecule has 4 rings (SSSR count). The first-order valence-corrected chi connectivity index (χ1v) is 13.3. The minimum atomic E-state index is -0.719. The largest absolute Gasteiger partial charge is 0.481 e. The van der Waals surface area contributed by atoms with Crippen LogP contribution in [-0.4, -0.2) is 52.9 Å². The fraction of sp³-hybridized carbons (Fsp3) is 0.926. The van der Waals surface area contributed by atoms with Crippen LogP contribution in [0.2, 0.25) is 0 Å². The van der Waals surface area contributed by atoms with E-state index in [1.807, 2.05) is 0 Å². The summed E-state index contributed by atoms with van der Waals surface area (Å²) in [6, 6.07) is 0. The van der Waals surface area contributed by atoms with Crippen molar-refractivity contribution in [1.82, 2.24) is 5.32 Å². The lowest BCUT2D eigenvalue weighted by atomic mass is 9.41. The Hall–Kier alpha value is -0.980. The van der Waals surface area contributed by atoms with Crippen LogP contribution >= 0.6 is 0 Å². The zero-order valence-corrected chi connectivity index (χ0v) is 20.9. The summed E-state index contributed by atoms with van der Waals surface area (Å²) in [5, 5.41) is 34.3. The summed E-state index contributed by atoms with van der Waals surface area (Å²) in [6.07, 6.45) is 6.34. The van der Waals surface area contributed by atoms with E-state index in [-0.39, 0.29) is 46.9 Å². The van der Waals surface area contributed by atoms with Crippen LogP contribution in [0.3, 0.4) is 0 Å². The van der Waals surface area contributed by atoms with Crippen molar-refractivity contribution in [3.8, 4) is 0 Å². The highest BCUT2D eigenvalue weighted by Gasteiger charge is 2.65. The predicted octanol–water partition coefficient (Wildman–Crippen LogP) is 3.49. The topological polar surface area (TPSA) is 107 Å². The second kappa shape index (κ2) is 9.23. The molecule has 4 saturated carbocycles. The highest BCUT2D eigenvalue weighted by molar-refractivity contribution is 5.84. The van der Waals surface area contributed by atoms with E-state index >= 15 is 0 Å². The summed E-state index contributed by atoms with van der Waals surface area (Å²) in [6.45, 7) is 7.26. The fourth-order valence-electron chi connectivity index (χ4n) is 9.61. The molecule has 0 radical (unpaired) electrons. The van der Waals surface area contributed by atoms with Crippen molar-refractivity contribution in [2.24, 2.45) is 52.3 Å². The van der Waals surface area contributed by atoms with E-state index in [0.717, 1.165) is 32.1 Å². The molecule has 4 fully saturated rings. The van der Waals surface area contributed by atoms with Crippen LogP contribution in [0, 0.1) is 52.3 Å². The number of Topliss-reactive ketones (excluding diaryl/α,β-unsaturated/α-hetero) is 1. The van der Waals surface area contributed by atoms with Gasteiger partial charge in [0.2, 0.25) is 0 Å². The Balaban J connectivity index is 1.62. The van der Waals surface area contributed by atoms with Crippen LogP contribution in [0.15, 0.2) is 0 Å². The highest BCUT2D eigenvalue weighted by Crippen LogP contribution is 2.69. The lowest BCUT2D eigenvalue weighted by Gasteiger charge is -2.64. The molecule has 0 aromatic rings. The molecule has 0 bridgehead atoms. The molecule has 6 heteroatoms. The van der Waals surface area contributed by atoms with E-state index in [1.54, 1.807) is 7.05 Å². The molecule has 4 aliphatic carbocycles. The molecule has 0 aliphatic heterocycles. The number of hydrogen-bond acceptors (Lipinski definition) is 5. The molecule has 0 saturated heterocycles. The molecule has 0 aromatic carbocycles. The van der Waals surface area contributed by atoms with Crippen molar-refractivity contribution in [2.45, 2.75) is 90.8 Å². The molecule has 0 aromatic heterocycles. The normalized spacial score (nSPS) is 47.8. The summed E-state index contributed by atoms with van der Waals surface area (Å²) in [5.41, 5.74) is -0.0483. The summed E-state index contributed by atoms with van der Waals surface area (Å²) in [4.78, 5) is 24.4. The monoisotopic (exact) mass is 463 g/mol. The fourth-order valence-corrected chi connectivity index (χ4v) is 9.61. The van der Waals surface area contributed by atoms with Crippen molar-refractivity contribution >= 4 is 11.8 Å². The zero-order chi connectivity index (χ0) is 24.1. The van der Waals surface area contributed by atoms with Gasteiger partial charge in [-0.2, -0.15) is 0 Å². The summed E-state index contributed by atoms with van der Waals surface area (Å²) >= 11 is 0. The molecule has 4 N–H and O–H groups in total. The molecule has 33 heavy (non-hydrogen) atoms. The molecule has 6 nitrogen and oxygen atoms in total. The Kier molecular flexibility index (Phi) is 7.03. The maximum Gasteiger partial charge on any atom is 0.303 e. The maximum absolute atomic E-state index is 13.2. The first-order chi connectivity index (χ1) is 15.5. The third-order valence-corrected chi connectivity index (χ3v) is 11.1. The van der Waals surface area contributed by atoms with E-state index in [4.69, 9.17) is 0 Å². The van der Waals surface area contributed by atoms with Crippen molar-refractivity contribution in [3.63, 3.8) is 0 Å². The van der Waals surface area contributed by atoms with Crippen molar-refractivity contribution in [1.29, 1.82) is 0 Å². The standard InChI is InChI=1S/C27H45NO5/c1-15(5-8-24(32)33)18-6-7-19-25-20(9-10-26(18,19)2)27(3)16(12-22(25)30)11-17(29)13-21(27)23(31)14-28-4/h15-22,25,28-30H,5-14H2,1-4H3,(H,32,33)/t15-,16?,17+,18-,19+,20+,21?,22-,25+,26-,27+/m1/s1. The Morgan fingerprint density at radius 2 is 1.79 bits per heavy atom. The van der Waals surface area contributed by atoms with Gasteiger partial charge in [-0.25, -0.2) is 0 Å². The minimum absolute atomic E-state index is 0.127. The predicted molar refractivity (Wildman–Crippen MR) is 126 cm³/mol. The number of likely N-dealkylation sites (N-methyl/N-ethyl adjacent to an activating group) is 1. The summed E-state index contributed by atoms with van der Waals surface area (Å²) < 4.78 is 0. The molecule has 0 spiro atoms. The Bertz CT molecular complexity index is 757. The molecule has 4 aliphatic rings. The number of fused-ring (bicyclic) bond motifs is 5. The Morgan fingerprint density at radius 1 is 1.06 bits per heavy atom. The van der Waals surface area contributed by atoms with Crippen LogP contribution in [0.4, 0.5) is 0 Å². The SMILES string of the molecule is CNCC(=O)C1C[C@@H](O)CC2C[C@@H](O)[C@@H]3[C@H](CC[C@]4(C)[C@@H]([C@H](C)CCC(=O)O)CC[C@@H]34)[C@]21C. The van der Waals surface area contributed by atoms with Gasteiger partial charge in [-0.1, -0.05) is 20.8 Å². The van der Waals surface area contributed by atoms with Crippen molar-refractivity contribution < 1.29 is 24.9 Å². The molecule has 0 heterocycles. The molecular weight excluding hydrogens is 418 g/mol. The minimum Gasteiger partial charge on any atom is -0.481 e. The van der Waals surface area contributed by atoms with Gasteiger partial charge >= 0.3 is 5.97 Å². The molecule has 2 unspecified atom stereocenters. The van der Waals surface area contributed by atoms with Crippen molar-refractivity contribution in [2.75, 3.05) is 13.6 Å². The lowest BCUT2D eigenvalue weighted by Crippen LogP contribution is -2.62. The van der Waals surface area contributed by atoms with E-state index in [2.05, 4.69) is 26.1 Å². The van der Waals surface area contributed by atoms with E-state index in [0.29, 0.717) is 49.5 Å². The highest BCUT2D eigenvalue weighted by atomic mass is 16.4. The molecule has 188 valence electrons. The van der Waals surface area contributed by atoms with Crippen LogP contribution in [-0.2, 0) is 9.59 Å². The van der Waals surface area contributed by atoms with E-state index in [1.165, 1.54) is 0 Å². The number of carboxylic acid groups (broad SMARTS) is 1. The van der Waals surface area contributed by atoms with Gasteiger partial charge in [0, 0.05) is 12.3 Å². The van der Waals surface area contributed by atoms with Crippen LogP contribution in [0.25, 0.3) is 0 Å². The first kappa shape index (κ1) is 25.1. The van der Waals surface area contributed by atoms with Crippen LogP contribution in [0.5, 0.6) is 0 Å². The van der Waals surface area contributed by atoms with Gasteiger partial charge < -0.3 is 20.6 Å². The van der Waals surface area contributed by atoms with Gasteiger partial charge in [0.25, 0.3) is 0 Å². The average molecular weight is 464 g/mol. The second-order valence-corrected chi connectivity index (χ2v) is 12.5. The van der Waals surface area contributed by atoms with Crippen LogP contribution < -0.4 is 5.32 Å². The van der Waals surface area contributed by atoms with Gasteiger partial charge in [0.05, 0.1) is 18.8 Å². The number of carbonyl (C=O) groups excluding carboxylic acids is 1. The van der Waals surface area contributed by atoms with E-state index in [9.17, 15) is 24.9 Å². The summed E-state index contributed by atoms with van der Waals surface area (Å²) in [7, 11) is 1.81. The lowest BCUT2D eigenvalue weighted by molar-refractivity contribution is -0.196. The third kappa shape index (κ3) is 4.08. The number of nitrogens with one attached hydrogen (secondary N) is 1. The zero-order valence-electron chi connectivity index (χ0n) is 20.9. The molecule has 11 atom stereocenters. The van der Waals surface area contributed by atoms with Crippen molar-refractivity contribution in [3.05, 3.63) is 0 Å². The number of rotatable bonds is 7. The first-order valence-electron chi connectivity index (χ1n) is 13.3. The smallest absolute Gasteiger partial charge is 0.303 e. The Labute approximate surface area is 198 Å². The maximum atomic E-state index is 13.2. The number of aliphatic hydroxyl groups excluding tert-OH is 2. The van der Waals surface area contributed by atoms with Gasteiger partial charge in [-0.3, -0.25) is 9.59 Å². The van der Waals surface area contributed by atoms with Gasteiger partial charge in [-0.15, -0.1) is 0 Å². The number of aliphatic carboxylic acids is 1. The summed E-state index contributed by atoms with van der Waals surface area (Å²) in [5.74, 6) is 1.30. The number of ketones is 1. The average Bonchev–Trinajstić information content (AvgIpc) is 3.10. The Morgan fingerprint density at radius 3 is 2.45 bits per heavy atom. The number of hydrogen-bond donors (Lipinski definition) is 4.